The van der Waals surface area contributed by atoms with Crippen molar-refractivity contribution in [3.05, 3.63) is 120 Å². The van der Waals surface area contributed by atoms with Gasteiger partial charge in [0.15, 0.2) is 0 Å². The Hall–Kier alpha value is -4.81. The molecule has 0 radical (unpaired) electrons. The van der Waals surface area contributed by atoms with Crippen molar-refractivity contribution in [1.29, 1.82) is 0 Å². The molecule has 0 saturated heterocycles. The Labute approximate surface area is 297 Å². The SMILES string of the molecule is COC(=O)CNC(=O)[C@H](Cc1ccc(OC(C)(C)C)cc1)NC(=O)[C@@H](N=Cc1ccccc1P(c1ccccc1)c1ccccc1)C(C)(C)C. The van der Waals surface area contributed by atoms with Crippen molar-refractivity contribution in [3.63, 3.8) is 0 Å². The van der Waals surface area contributed by atoms with Crippen LogP contribution in [0.1, 0.15) is 52.7 Å². The smallest absolute Gasteiger partial charge is 0.325 e. The van der Waals surface area contributed by atoms with Gasteiger partial charge in [-0.1, -0.05) is 118 Å². The molecule has 2 amide bonds. The van der Waals surface area contributed by atoms with Gasteiger partial charge >= 0.3 is 5.97 Å². The van der Waals surface area contributed by atoms with E-state index < -0.39 is 43.2 Å². The lowest BCUT2D eigenvalue weighted by molar-refractivity contribution is -0.141. The summed E-state index contributed by atoms with van der Waals surface area (Å²) in [5.74, 6) is -0.792. The first-order chi connectivity index (χ1) is 23.7. The minimum absolute atomic E-state index is 0.191. The maximum Gasteiger partial charge on any atom is 0.325 e. The van der Waals surface area contributed by atoms with Crippen molar-refractivity contribution in [2.24, 2.45) is 10.4 Å². The molecule has 0 unspecified atom stereocenters. The number of carbonyl (C=O) groups is 3. The molecular weight excluding hydrogens is 645 g/mol. The van der Waals surface area contributed by atoms with Crippen LogP contribution in [0.4, 0.5) is 0 Å². The number of hydrogen-bond donors (Lipinski definition) is 2. The quantitative estimate of drug-likeness (QED) is 0.110. The number of rotatable bonds is 13. The third-order valence-corrected chi connectivity index (χ3v) is 10.2. The molecule has 262 valence electrons. The van der Waals surface area contributed by atoms with E-state index in [-0.39, 0.29) is 18.6 Å². The van der Waals surface area contributed by atoms with Gasteiger partial charge in [0.2, 0.25) is 11.8 Å². The van der Waals surface area contributed by atoms with E-state index in [9.17, 15) is 14.4 Å². The van der Waals surface area contributed by atoms with Gasteiger partial charge in [-0.2, -0.15) is 0 Å². The van der Waals surface area contributed by atoms with E-state index in [2.05, 4.69) is 65.2 Å². The number of nitrogens with one attached hydrogen (secondary N) is 2. The Kier molecular flexibility index (Phi) is 13.1. The van der Waals surface area contributed by atoms with Gasteiger partial charge in [0.25, 0.3) is 0 Å². The van der Waals surface area contributed by atoms with E-state index in [0.29, 0.717) is 5.75 Å². The molecule has 2 atom stereocenters. The zero-order valence-corrected chi connectivity index (χ0v) is 30.9. The average molecular weight is 694 g/mol. The third-order valence-electron chi connectivity index (χ3n) is 7.69. The minimum Gasteiger partial charge on any atom is -0.488 e. The van der Waals surface area contributed by atoms with Crippen LogP contribution in [0.3, 0.4) is 0 Å². The monoisotopic (exact) mass is 693 g/mol. The van der Waals surface area contributed by atoms with E-state index in [4.69, 9.17) is 14.5 Å². The number of methoxy groups -OCH3 is 1. The summed E-state index contributed by atoms with van der Waals surface area (Å²) < 4.78 is 10.6. The van der Waals surface area contributed by atoms with Crippen LogP contribution >= 0.6 is 7.92 Å². The number of hydrogen-bond acceptors (Lipinski definition) is 6. The fraction of sp³-hybridized carbons (Fsp3) is 0.317. The summed E-state index contributed by atoms with van der Waals surface area (Å²) >= 11 is 0. The fourth-order valence-corrected chi connectivity index (χ4v) is 7.74. The molecule has 0 heterocycles. The van der Waals surface area contributed by atoms with Gasteiger partial charge in [-0.15, -0.1) is 0 Å². The van der Waals surface area contributed by atoms with Gasteiger partial charge in [0, 0.05) is 18.2 Å². The lowest BCUT2D eigenvalue weighted by Crippen LogP contribution is -2.53. The van der Waals surface area contributed by atoms with Gasteiger partial charge < -0.3 is 20.1 Å². The highest BCUT2D eigenvalue weighted by Gasteiger charge is 2.34. The van der Waals surface area contributed by atoms with E-state index >= 15 is 0 Å². The van der Waals surface area contributed by atoms with Crippen LogP contribution in [0.5, 0.6) is 5.75 Å². The van der Waals surface area contributed by atoms with Crippen molar-refractivity contribution in [2.75, 3.05) is 13.7 Å². The zero-order chi connectivity index (χ0) is 36.3. The van der Waals surface area contributed by atoms with E-state index in [1.165, 1.54) is 17.7 Å². The maximum atomic E-state index is 14.1. The van der Waals surface area contributed by atoms with Crippen molar-refractivity contribution in [1.82, 2.24) is 10.6 Å². The average Bonchev–Trinajstić information content (AvgIpc) is 3.08. The number of ether oxygens (including phenoxy) is 2. The van der Waals surface area contributed by atoms with Crippen LogP contribution < -0.4 is 31.3 Å². The molecule has 0 saturated carbocycles. The van der Waals surface area contributed by atoms with E-state index in [1.54, 1.807) is 6.21 Å². The summed E-state index contributed by atoms with van der Waals surface area (Å²) in [5.41, 5.74) is 0.779. The number of carbonyl (C=O) groups excluding carboxylic acids is 3. The highest BCUT2D eigenvalue weighted by atomic mass is 31.1. The van der Waals surface area contributed by atoms with Crippen LogP contribution in [0, 0.1) is 5.41 Å². The Bertz CT molecular complexity index is 1710. The van der Waals surface area contributed by atoms with Crippen molar-refractivity contribution in [3.8, 4) is 5.75 Å². The molecule has 0 fully saturated rings. The molecule has 0 aliphatic heterocycles. The van der Waals surface area contributed by atoms with Crippen molar-refractivity contribution in [2.45, 2.75) is 65.6 Å². The normalized spacial score (nSPS) is 13.0. The molecule has 0 aromatic heterocycles. The number of aliphatic imine (C=N–C) groups is 1. The summed E-state index contributed by atoms with van der Waals surface area (Å²) in [5, 5.41) is 9.08. The van der Waals surface area contributed by atoms with E-state index in [1.807, 2.05) is 96.1 Å². The van der Waals surface area contributed by atoms with Gasteiger partial charge in [0.1, 0.15) is 30.0 Å². The Morgan fingerprint density at radius 3 is 1.86 bits per heavy atom. The minimum atomic E-state index is -0.974. The molecule has 0 aliphatic rings. The lowest BCUT2D eigenvalue weighted by Gasteiger charge is -2.28. The van der Waals surface area contributed by atoms with E-state index in [0.717, 1.165) is 16.4 Å². The zero-order valence-electron chi connectivity index (χ0n) is 30.0. The topological polar surface area (TPSA) is 106 Å². The molecule has 8 nitrogen and oxygen atoms in total. The third kappa shape index (κ3) is 11.1. The summed E-state index contributed by atoms with van der Waals surface area (Å²) in [6.07, 6.45) is 1.97. The molecule has 0 bridgehead atoms. The summed E-state index contributed by atoms with van der Waals surface area (Å²) in [6.45, 7) is 11.4. The summed E-state index contributed by atoms with van der Waals surface area (Å²) in [7, 11) is 0.347. The molecule has 4 aromatic rings. The highest BCUT2D eigenvalue weighted by Crippen LogP contribution is 2.34. The lowest BCUT2D eigenvalue weighted by atomic mass is 9.86. The Morgan fingerprint density at radius 2 is 1.32 bits per heavy atom. The number of amides is 2. The Balaban J connectivity index is 1.63. The molecule has 4 rings (SSSR count). The molecule has 9 heteroatoms. The number of nitrogens with zero attached hydrogens (tertiary/aromatic N) is 1. The molecule has 0 spiro atoms. The maximum absolute atomic E-state index is 14.1. The van der Waals surface area contributed by atoms with Crippen molar-refractivity contribution < 1.29 is 23.9 Å². The molecule has 4 aromatic carbocycles. The van der Waals surface area contributed by atoms with Crippen LogP contribution in [-0.4, -0.2) is 55.3 Å². The standard InChI is InChI=1S/C41H48N3O5P/c1-40(2,3)37(42-27-30-16-14-15-21-35(30)50(32-17-10-8-11-18-32)33-19-12-9-13-20-33)39(47)44-34(38(46)43-28-36(45)48-7)26-29-22-24-31(25-23-29)49-41(4,5)6/h8-25,27,34,37H,26,28H2,1-7H3,(H,43,46)(H,44,47)/t34-,37+/m0/s1. The second-order valence-electron chi connectivity index (χ2n) is 14.0. The molecule has 0 aliphatic carbocycles. The van der Waals surface area contributed by atoms with Crippen molar-refractivity contribution >= 4 is 47.8 Å². The van der Waals surface area contributed by atoms with Gasteiger partial charge in [-0.25, -0.2) is 0 Å². The predicted molar refractivity (Wildman–Crippen MR) is 203 cm³/mol. The van der Waals surface area contributed by atoms with Crippen LogP contribution in [0.15, 0.2) is 114 Å². The first-order valence-electron chi connectivity index (χ1n) is 16.7. The predicted octanol–water partition coefficient (Wildman–Crippen LogP) is 5.47. The molecule has 2 N–H and O–H groups in total. The van der Waals surface area contributed by atoms with Crippen LogP contribution in [-0.2, 0) is 25.5 Å². The number of benzene rings is 4. The van der Waals surface area contributed by atoms with Gasteiger partial charge in [-0.05, 0) is 67.7 Å². The first-order valence-corrected chi connectivity index (χ1v) is 18.0. The van der Waals surface area contributed by atoms with Crippen LogP contribution in [0.25, 0.3) is 0 Å². The highest BCUT2D eigenvalue weighted by molar-refractivity contribution is 7.80. The van der Waals surface area contributed by atoms with Gasteiger partial charge in [-0.3, -0.25) is 19.4 Å². The first kappa shape index (κ1) is 38.0. The second-order valence-corrected chi connectivity index (χ2v) is 16.2. The summed E-state index contributed by atoms with van der Waals surface area (Å²) in [6, 6.07) is 34.6. The molecule has 50 heavy (non-hydrogen) atoms. The van der Waals surface area contributed by atoms with Crippen LogP contribution in [0.2, 0.25) is 0 Å². The Morgan fingerprint density at radius 1 is 0.760 bits per heavy atom. The number of esters is 1. The van der Waals surface area contributed by atoms with Gasteiger partial charge in [0.05, 0.1) is 7.11 Å². The fourth-order valence-electron chi connectivity index (χ4n) is 5.32. The largest absolute Gasteiger partial charge is 0.488 e. The summed E-state index contributed by atoms with van der Waals surface area (Å²) in [4.78, 5) is 44.2. The second kappa shape index (κ2) is 17.2. The molecular formula is C41H48N3O5P.